The number of ether oxygens (including phenoxy) is 2. The van der Waals surface area contributed by atoms with Crippen LogP contribution in [-0.4, -0.2) is 38.7 Å². The maximum absolute atomic E-state index is 12.7. The van der Waals surface area contributed by atoms with E-state index in [1.807, 2.05) is 32.0 Å². The molecule has 0 saturated heterocycles. The molecule has 0 radical (unpaired) electrons. The third-order valence-corrected chi connectivity index (χ3v) is 4.79. The van der Waals surface area contributed by atoms with E-state index in [-0.39, 0.29) is 48.2 Å². The third-order valence-electron chi connectivity index (χ3n) is 4.79. The molecule has 0 heterocycles. The fourth-order valence-corrected chi connectivity index (χ4v) is 2.85. The van der Waals surface area contributed by atoms with Gasteiger partial charge in [-0.25, -0.2) is 0 Å². The highest BCUT2D eigenvalue weighted by atomic mass is 127. The first-order chi connectivity index (χ1) is 15.4. The van der Waals surface area contributed by atoms with Crippen LogP contribution in [0.25, 0.3) is 0 Å². The topological polar surface area (TPSA) is 84.0 Å². The number of alkyl halides is 2. The Bertz CT molecular complexity index is 928. The second kappa shape index (κ2) is 14.5. The molecule has 2 rings (SSSR count). The van der Waals surface area contributed by atoms with Crippen molar-refractivity contribution in [1.29, 1.82) is 0 Å². The van der Waals surface area contributed by atoms with Crippen LogP contribution < -0.4 is 25.4 Å². The van der Waals surface area contributed by atoms with E-state index in [1.165, 1.54) is 13.2 Å². The summed E-state index contributed by atoms with van der Waals surface area (Å²) >= 11 is 0. The lowest BCUT2D eigenvalue weighted by Gasteiger charge is -2.16. The quantitative estimate of drug-likeness (QED) is 0.223. The first-order valence-corrected chi connectivity index (χ1v) is 10.3. The molecule has 1 atom stereocenters. The third kappa shape index (κ3) is 9.40. The normalized spacial score (nSPS) is 11.9. The minimum absolute atomic E-state index is 0. The van der Waals surface area contributed by atoms with E-state index < -0.39 is 6.61 Å². The van der Waals surface area contributed by atoms with Gasteiger partial charge in [0.25, 0.3) is 5.91 Å². The van der Waals surface area contributed by atoms with Crippen molar-refractivity contribution in [3.8, 4) is 11.5 Å². The first kappa shape index (κ1) is 28.4. The molecule has 0 saturated carbocycles. The Balaban J connectivity index is 0.00000544. The van der Waals surface area contributed by atoms with Gasteiger partial charge in [0.1, 0.15) is 11.5 Å². The number of hydrogen-bond donors (Lipinski definition) is 3. The Kier molecular flexibility index (Phi) is 12.5. The molecule has 2 aromatic carbocycles. The Labute approximate surface area is 210 Å². The average Bonchev–Trinajstić information content (AvgIpc) is 2.79. The van der Waals surface area contributed by atoms with Crippen molar-refractivity contribution in [2.24, 2.45) is 4.99 Å². The SMILES string of the molecule is CCC(C)NC(=O)c1cccc(CNC(=NC)NCc2cc(OC)ccc2OC(F)F)c1.I. The number of methoxy groups -OCH3 is 1. The summed E-state index contributed by atoms with van der Waals surface area (Å²) in [6.07, 6.45) is 0.854. The number of benzene rings is 2. The van der Waals surface area contributed by atoms with Crippen LogP contribution in [0.15, 0.2) is 47.5 Å². The zero-order valence-electron chi connectivity index (χ0n) is 19.2. The van der Waals surface area contributed by atoms with E-state index in [4.69, 9.17) is 4.74 Å². The zero-order valence-corrected chi connectivity index (χ0v) is 21.5. The number of guanidine groups is 1. The van der Waals surface area contributed by atoms with Crippen molar-refractivity contribution in [1.82, 2.24) is 16.0 Å². The molecule has 3 N–H and O–H groups in total. The summed E-state index contributed by atoms with van der Waals surface area (Å²) in [5.74, 6) is 0.932. The fourth-order valence-electron chi connectivity index (χ4n) is 2.85. The largest absolute Gasteiger partial charge is 0.497 e. The molecular formula is C23H31F2IN4O3. The lowest BCUT2D eigenvalue weighted by molar-refractivity contribution is -0.0505. The standard InChI is InChI=1S/C23H30F2N4O3.HI/c1-5-15(2)29-21(30)17-8-6-7-16(11-17)13-27-23(26-3)28-14-18-12-19(31-4)9-10-20(18)32-22(24)25;/h6-12,15,22H,5,13-14H2,1-4H3,(H,29,30)(H2,26,27,28);1H. The Hall–Kier alpha value is -2.63. The van der Waals surface area contributed by atoms with Crippen molar-refractivity contribution >= 4 is 35.8 Å². The van der Waals surface area contributed by atoms with Crippen LogP contribution >= 0.6 is 24.0 Å². The van der Waals surface area contributed by atoms with Gasteiger partial charge in [-0.15, -0.1) is 24.0 Å². The van der Waals surface area contributed by atoms with Gasteiger partial charge in [0.2, 0.25) is 0 Å². The van der Waals surface area contributed by atoms with Crippen molar-refractivity contribution in [3.05, 3.63) is 59.2 Å². The lowest BCUT2D eigenvalue weighted by atomic mass is 10.1. The van der Waals surface area contributed by atoms with Crippen LogP contribution in [0.2, 0.25) is 0 Å². The highest BCUT2D eigenvalue weighted by molar-refractivity contribution is 14.0. The number of rotatable bonds is 10. The highest BCUT2D eigenvalue weighted by Gasteiger charge is 2.12. The summed E-state index contributed by atoms with van der Waals surface area (Å²) < 4.78 is 35.1. The maximum Gasteiger partial charge on any atom is 0.387 e. The molecule has 1 amide bonds. The molecule has 0 bridgehead atoms. The molecule has 2 aromatic rings. The van der Waals surface area contributed by atoms with Gasteiger partial charge in [-0.2, -0.15) is 8.78 Å². The molecule has 33 heavy (non-hydrogen) atoms. The molecule has 182 valence electrons. The number of nitrogens with one attached hydrogen (secondary N) is 3. The zero-order chi connectivity index (χ0) is 23.5. The van der Waals surface area contributed by atoms with E-state index in [2.05, 4.69) is 25.7 Å². The van der Waals surface area contributed by atoms with Gasteiger partial charge in [-0.05, 0) is 49.2 Å². The van der Waals surface area contributed by atoms with E-state index in [1.54, 1.807) is 25.2 Å². The second-order valence-electron chi connectivity index (χ2n) is 7.11. The van der Waals surface area contributed by atoms with Gasteiger partial charge in [0, 0.05) is 37.3 Å². The Morgan fingerprint density at radius 2 is 1.85 bits per heavy atom. The minimum Gasteiger partial charge on any atom is -0.497 e. The molecular weight excluding hydrogens is 545 g/mol. The molecule has 0 aromatic heterocycles. The van der Waals surface area contributed by atoms with Crippen molar-refractivity contribution < 1.29 is 23.0 Å². The van der Waals surface area contributed by atoms with Crippen LogP contribution in [0.1, 0.15) is 41.8 Å². The van der Waals surface area contributed by atoms with Crippen LogP contribution in [-0.2, 0) is 13.1 Å². The number of amides is 1. The van der Waals surface area contributed by atoms with Gasteiger partial charge < -0.3 is 25.4 Å². The Morgan fingerprint density at radius 3 is 2.48 bits per heavy atom. The summed E-state index contributed by atoms with van der Waals surface area (Å²) in [6, 6.07) is 12.0. The van der Waals surface area contributed by atoms with Crippen LogP contribution in [0.4, 0.5) is 8.78 Å². The van der Waals surface area contributed by atoms with E-state index in [0.717, 1.165) is 12.0 Å². The number of carbonyl (C=O) groups is 1. The van der Waals surface area contributed by atoms with Gasteiger partial charge in [0.05, 0.1) is 7.11 Å². The van der Waals surface area contributed by atoms with Gasteiger partial charge in [0.15, 0.2) is 5.96 Å². The summed E-state index contributed by atoms with van der Waals surface area (Å²) in [6.45, 7) is 1.65. The smallest absolute Gasteiger partial charge is 0.387 e. The fraction of sp³-hybridized carbons (Fsp3) is 0.391. The van der Waals surface area contributed by atoms with Crippen LogP contribution in [0, 0.1) is 0 Å². The predicted octanol–water partition coefficient (Wildman–Crippen LogP) is 4.31. The predicted molar refractivity (Wildman–Crippen MR) is 136 cm³/mol. The number of halogens is 3. The summed E-state index contributed by atoms with van der Waals surface area (Å²) in [5, 5.41) is 9.17. The lowest BCUT2D eigenvalue weighted by Crippen LogP contribution is -2.36. The van der Waals surface area contributed by atoms with Crippen LogP contribution in [0.3, 0.4) is 0 Å². The second-order valence-corrected chi connectivity index (χ2v) is 7.11. The molecule has 7 nitrogen and oxygen atoms in total. The van der Waals surface area contributed by atoms with Crippen molar-refractivity contribution in [2.75, 3.05) is 14.2 Å². The maximum atomic E-state index is 12.7. The van der Waals surface area contributed by atoms with Crippen LogP contribution in [0.5, 0.6) is 11.5 Å². The van der Waals surface area contributed by atoms with Gasteiger partial charge in [-0.1, -0.05) is 19.1 Å². The highest BCUT2D eigenvalue weighted by Crippen LogP contribution is 2.25. The number of aliphatic imine (C=N–C) groups is 1. The summed E-state index contributed by atoms with van der Waals surface area (Å²) in [5.41, 5.74) is 1.97. The van der Waals surface area contributed by atoms with Crippen molar-refractivity contribution in [2.45, 2.75) is 46.0 Å². The molecule has 0 aliphatic heterocycles. The average molecular weight is 576 g/mol. The first-order valence-electron chi connectivity index (χ1n) is 10.3. The Morgan fingerprint density at radius 1 is 1.12 bits per heavy atom. The molecule has 0 spiro atoms. The molecule has 10 heteroatoms. The number of nitrogens with zero attached hydrogens (tertiary/aromatic N) is 1. The summed E-state index contributed by atoms with van der Waals surface area (Å²) in [7, 11) is 3.10. The van der Waals surface area contributed by atoms with E-state index >= 15 is 0 Å². The molecule has 1 unspecified atom stereocenters. The van der Waals surface area contributed by atoms with Crippen molar-refractivity contribution in [3.63, 3.8) is 0 Å². The molecule has 0 fully saturated rings. The van der Waals surface area contributed by atoms with Gasteiger partial charge >= 0.3 is 6.61 Å². The van der Waals surface area contributed by atoms with E-state index in [9.17, 15) is 13.6 Å². The monoisotopic (exact) mass is 576 g/mol. The number of carbonyl (C=O) groups excluding carboxylic acids is 1. The molecule has 0 aliphatic carbocycles. The summed E-state index contributed by atoms with van der Waals surface area (Å²) in [4.78, 5) is 16.5. The number of hydrogen-bond acceptors (Lipinski definition) is 4. The van der Waals surface area contributed by atoms with E-state index in [0.29, 0.717) is 29.4 Å². The molecule has 0 aliphatic rings. The van der Waals surface area contributed by atoms with Gasteiger partial charge in [-0.3, -0.25) is 9.79 Å². The minimum atomic E-state index is -2.93.